The molecule has 1 rings (SSSR count). The largest absolute Gasteiger partial charge is 0.573 e. The zero-order chi connectivity index (χ0) is 15.3. The van der Waals surface area contributed by atoms with Gasteiger partial charge in [0.1, 0.15) is 12.2 Å². The molecule has 1 aromatic rings. The summed E-state index contributed by atoms with van der Waals surface area (Å²) in [6.45, 7) is 0.0792. The van der Waals surface area contributed by atoms with Crippen LogP contribution in [0.15, 0.2) is 6.07 Å². The van der Waals surface area contributed by atoms with Crippen LogP contribution in [0.5, 0.6) is 11.6 Å². The highest BCUT2D eigenvalue weighted by atomic mass is 19.4. The van der Waals surface area contributed by atoms with E-state index in [1.54, 1.807) is 0 Å². The van der Waals surface area contributed by atoms with E-state index >= 15 is 0 Å². The number of esters is 1. The number of halogens is 4. The van der Waals surface area contributed by atoms with Gasteiger partial charge in [0.05, 0.1) is 19.4 Å². The number of carbonyl (C=O) groups excluding carboxylic acids is 1. The second kappa shape index (κ2) is 6.40. The molecule has 0 N–H and O–H groups in total. The number of hydrogen-bond acceptors (Lipinski definition) is 5. The van der Waals surface area contributed by atoms with E-state index in [1.807, 2.05) is 0 Å². The number of rotatable bonds is 5. The Morgan fingerprint density at radius 1 is 1.40 bits per heavy atom. The Hall–Kier alpha value is -2.06. The number of methoxy groups -OCH3 is 1. The number of alkyl halides is 4. The van der Waals surface area contributed by atoms with Gasteiger partial charge < -0.3 is 14.2 Å². The average molecular weight is 297 g/mol. The standard InChI is InChI=1S/C11H11F4NO4/c1-3-19-10(17)9-6(5-12)16-8(18-2)4-7(9)20-11(13,14)15/h4H,3,5H2,1-2H3. The molecule has 1 aromatic heterocycles. The molecule has 5 nitrogen and oxygen atoms in total. The predicted molar refractivity (Wildman–Crippen MR) is 58.2 cm³/mol. The second-order valence-corrected chi connectivity index (χ2v) is 3.39. The van der Waals surface area contributed by atoms with E-state index in [-0.39, 0.29) is 12.5 Å². The van der Waals surface area contributed by atoms with E-state index in [0.29, 0.717) is 0 Å². The third-order valence-electron chi connectivity index (χ3n) is 2.08. The minimum absolute atomic E-state index is 0.0952. The molecule has 0 saturated carbocycles. The molecule has 0 spiro atoms. The Balaban J connectivity index is 3.38. The summed E-state index contributed by atoms with van der Waals surface area (Å²) in [6, 6.07) is 0.735. The van der Waals surface area contributed by atoms with Crippen LogP contribution in [0.2, 0.25) is 0 Å². The number of hydrogen-bond donors (Lipinski definition) is 0. The summed E-state index contributed by atoms with van der Waals surface area (Å²) in [5, 5.41) is 0. The second-order valence-electron chi connectivity index (χ2n) is 3.39. The number of pyridine rings is 1. The third kappa shape index (κ3) is 3.97. The van der Waals surface area contributed by atoms with Crippen LogP contribution < -0.4 is 9.47 Å². The zero-order valence-electron chi connectivity index (χ0n) is 10.6. The van der Waals surface area contributed by atoms with Crippen LogP contribution in [0.25, 0.3) is 0 Å². The average Bonchev–Trinajstić information content (AvgIpc) is 2.35. The maximum absolute atomic E-state index is 12.9. The summed E-state index contributed by atoms with van der Waals surface area (Å²) in [6.07, 6.45) is -5.05. The number of aromatic nitrogens is 1. The van der Waals surface area contributed by atoms with Crippen LogP contribution >= 0.6 is 0 Å². The Morgan fingerprint density at radius 3 is 2.50 bits per heavy atom. The fourth-order valence-electron chi connectivity index (χ4n) is 1.38. The van der Waals surface area contributed by atoms with Gasteiger partial charge in [-0.05, 0) is 6.92 Å². The van der Waals surface area contributed by atoms with E-state index in [0.717, 1.165) is 13.2 Å². The lowest BCUT2D eigenvalue weighted by molar-refractivity contribution is -0.274. The summed E-state index contributed by atoms with van der Waals surface area (Å²) in [5.41, 5.74) is -1.27. The Kier molecular flexibility index (Phi) is 5.12. The molecule has 0 atom stereocenters. The van der Waals surface area contributed by atoms with Gasteiger partial charge in [0.25, 0.3) is 0 Å². The van der Waals surface area contributed by atoms with Gasteiger partial charge in [-0.2, -0.15) is 0 Å². The van der Waals surface area contributed by atoms with Crippen LogP contribution in [0, 0.1) is 0 Å². The van der Waals surface area contributed by atoms with Crippen LogP contribution in [0.1, 0.15) is 23.0 Å². The fourth-order valence-corrected chi connectivity index (χ4v) is 1.38. The molecular weight excluding hydrogens is 286 g/mol. The fraction of sp³-hybridized carbons (Fsp3) is 0.455. The van der Waals surface area contributed by atoms with Crippen molar-refractivity contribution in [3.63, 3.8) is 0 Å². The van der Waals surface area contributed by atoms with E-state index < -0.39 is 36.0 Å². The molecule has 0 radical (unpaired) electrons. The molecule has 0 aliphatic rings. The van der Waals surface area contributed by atoms with Crippen LogP contribution in [-0.2, 0) is 11.4 Å². The van der Waals surface area contributed by atoms with Crippen LogP contribution in [-0.4, -0.2) is 31.0 Å². The first-order valence-electron chi connectivity index (χ1n) is 5.39. The highest BCUT2D eigenvalue weighted by Crippen LogP contribution is 2.32. The van der Waals surface area contributed by atoms with E-state index in [2.05, 4.69) is 19.2 Å². The summed E-state index contributed by atoms with van der Waals surface area (Å²) in [5.74, 6) is -2.39. The van der Waals surface area contributed by atoms with Gasteiger partial charge >= 0.3 is 12.3 Å². The molecule has 0 aliphatic carbocycles. The molecular formula is C11H11F4NO4. The normalized spacial score (nSPS) is 11.1. The summed E-state index contributed by atoms with van der Waals surface area (Å²) < 4.78 is 62.7. The van der Waals surface area contributed by atoms with Gasteiger partial charge in [-0.3, -0.25) is 0 Å². The first kappa shape index (κ1) is 16.0. The van der Waals surface area contributed by atoms with Gasteiger partial charge in [0, 0.05) is 6.07 Å². The summed E-state index contributed by atoms with van der Waals surface area (Å²) >= 11 is 0. The quantitative estimate of drug-likeness (QED) is 0.617. The lowest BCUT2D eigenvalue weighted by Crippen LogP contribution is -2.21. The lowest BCUT2D eigenvalue weighted by Gasteiger charge is -2.15. The SMILES string of the molecule is CCOC(=O)c1c(OC(F)(F)F)cc(OC)nc1CF. The van der Waals surface area contributed by atoms with Gasteiger partial charge in [0.15, 0.2) is 5.75 Å². The van der Waals surface area contributed by atoms with E-state index in [4.69, 9.17) is 0 Å². The van der Waals surface area contributed by atoms with E-state index in [1.165, 1.54) is 6.92 Å². The highest BCUT2D eigenvalue weighted by molar-refractivity contribution is 5.93. The minimum Gasteiger partial charge on any atom is -0.481 e. The van der Waals surface area contributed by atoms with Crippen molar-refractivity contribution in [2.45, 2.75) is 20.0 Å². The number of carbonyl (C=O) groups is 1. The molecule has 0 fully saturated rings. The molecule has 0 amide bonds. The molecule has 1 heterocycles. The van der Waals surface area contributed by atoms with Crippen LogP contribution in [0.4, 0.5) is 17.6 Å². The van der Waals surface area contributed by atoms with Crippen molar-refractivity contribution in [3.8, 4) is 11.6 Å². The molecule has 20 heavy (non-hydrogen) atoms. The molecule has 0 aliphatic heterocycles. The van der Waals surface area contributed by atoms with Gasteiger partial charge in [-0.1, -0.05) is 0 Å². The summed E-state index contributed by atoms with van der Waals surface area (Å²) in [7, 11) is 1.13. The monoisotopic (exact) mass is 297 g/mol. The third-order valence-corrected chi connectivity index (χ3v) is 2.08. The number of ether oxygens (including phenoxy) is 3. The van der Waals surface area contributed by atoms with E-state index in [9.17, 15) is 22.4 Å². The van der Waals surface area contributed by atoms with Crippen molar-refractivity contribution in [1.29, 1.82) is 0 Å². The Bertz CT molecular complexity index is 490. The number of nitrogens with zero attached hydrogens (tertiary/aromatic N) is 1. The highest BCUT2D eigenvalue weighted by Gasteiger charge is 2.35. The first-order chi connectivity index (χ1) is 9.32. The molecule has 0 unspecified atom stereocenters. The molecule has 112 valence electrons. The summed E-state index contributed by atoms with van der Waals surface area (Å²) in [4.78, 5) is 15.2. The lowest BCUT2D eigenvalue weighted by atomic mass is 10.2. The maximum atomic E-state index is 12.9. The first-order valence-corrected chi connectivity index (χ1v) is 5.39. The van der Waals surface area contributed by atoms with Gasteiger partial charge in [-0.25, -0.2) is 14.2 Å². The molecule has 0 saturated heterocycles. The topological polar surface area (TPSA) is 57.7 Å². The van der Waals surface area contributed by atoms with Crippen molar-refractivity contribution in [2.24, 2.45) is 0 Å². The maximum Gasteiger partial charge on any atom is 0.573 e. The zero-order valence-corrected chi connectivity index (χ0v) is 10.6. The Morgan fingerprint density at radius 2 is 2.05 bits per heavy atom. The van der Waals surface area contributed by atoms with Gasteiger partial charge in [-0.15, -0.1) is 13.2 Å². The van der Waals surface area contributed by atoms with Gasteiger partial charge in [0.2, 0.25) is 5.88 Å². The van der Waals surface area contributed by atoms with Crippen molar-refractivity contribution in [1.82, 2.24) is 4.98 Å². The smallest absolute Gasteiger partial charge is 0.481 e. The minimum atomic E-state index is -5.05. The van der Waals surface area contributed by atoms with Crippen molar-refractivity contribution >= 4 is 5.97 Å². The molecule has 0 aromatic carbocycles. The van der Waals surface area contributed by atoms with Crippen molar-refractivity contribution in [2.75, 3.05) is 13.7 Å². The Labute approximate surface area is 111 Å². The predicted octanol–water partition coefficient (Wildman–Crippen LogP) is 2.64. The van der Waals surface area contributed by atoms with Crippen molar-refractivity contribution in [3.05, 3.63) is 17.3 Å². The van der Waals surface area contributed by atoms with Crippen molar-refractivity contribution < 1.29 is 36.6 Å². The molecule has 0 bridgehead atoms. The van der Waals surface area contributed by atoms with Crippen LogP contribution in [0.3, 0.4) is 0 Å². The molecule has 9 heteroatoms.